The van der Waals surface area contributed by atoms with Crippen molar-refractivity contribution in [2.75, 3.05) is 7.11 Å². The maximum absolute atomic E-state index is 13.4. The Morgan fingerprint density at radius 1 is 0.971 bits per heavy atom. The number of methoxy groups -OCH3 is 1. The molecule has 0 fully saturated rings. The Bertz CT molecular complexity index is 1310. The third-order valence-corrected chi connectivity index (χ3v) is 7.75. The number of nitrogens with one attached hydrogen (secondary N) is 2. The lowest BCUT2D eigenvalue weighted by Crippen LogP contribution is -2.48. The predicted molar refractivity (Wildman–Crippen MR) is 139 cm³/mol. The van der Waals surface area contributed by atoms with Crippen molar-refractivity contribution in [3.63, 3.8) is 0 Å². The van der Waals surface area contributed by atoms with Gasteiger partial charge in [-0.05, 0) is 80.1 Å². The molecule has 35 heavy (non-hydrogen) atoms. The summed E-state index contributed by atoms with van der Waals surface area (Å²) in [5.74, 6) is -0.288. The van der Waals surface area contributed by atoms with E-state index in [0.29, 0.717) is 0 Å². The zero-order valence-electron chi connectivity index (χ0n) is 20.6. The molecule has 0 aliphatic rings. The van der Waals surface area contributed by atoms with E-state index in [1.807, 2.05) is 58.0 Å². The average molecular weight is 515 g/mol. The molecule has 186 valence electrons. The van der Waals surface area contributed by atoms with E-state index >= 15 is 0 Å². The van der Waals surface area contributed by atoms with Crippen molar-refractivity contribution in [3.8, 4) is 5.75 Å². The van der Waals surface area contributed by atoms with Crippen LogP contribution in [0.3, 0.4) is 0 Å². The zero-order valence-corrected chi connectivity index (χ0v) is 22.1. The largest absolute Gasteiger partial charge is 0.495 e. The van der Waals surface area contributed by atoms with Gasteiger partial charge in [0.15, 0.2) is 0 Å². The Morgan fingerprint density at radius 2 is 1.63 bits per heavy atom. The minimum absolute atomic E-state index is 0.128. The summed E-state index contributed by atoms with van der Waals surface area (Å²) in [6, 6.07) is 16.4. The predicted octanol–water partition coefficient (Wildman–Crippen LogP) is 5.04. The lowest BCUT2D eigenvalue weighted by Gasteiger charge is -2.23. The van der Waals surface area contributed by atoms with E-state index in [4.69, 9.17) is 16.3 Å². The van der Waals surface area contributed by atoms with Crippen molar-refractivity contribution in [2.45, 2.75) is 51.1 Å². The van der Waals surface area contributed by atoms with Gasteiger partial charge in [-0.1, -0.05) is 54.1 Å². The molecule has 3 rings (SSSR count). The third kappa shape index (κ3) is 6.63. The number of aryl methyl sites for hydroxylation is 3. The first kappa shape index (κ1) is 26.7. The van der Waals surface area contributed by atoms with Crippen molar-refractivity contribution in [2.24, 2.45) is 0 Å². The Kier molecular flexibility index (Phi) is 8.59. The number of benzene rings is 3. The monoisotopic (exact) mass is 514 g/mol. The molecule has 1 amide bonds. The molecular weight excluding hydrogens is 484 g/mol. The Labute approximate surface area is 212 Å². The van der Waals surface area contributed by atoms with Crippen molar-refractivity contribution in [3.05, 3.63) is 93.5 Å². The summed E-state index contributed by atoms with van der Waals surface area (Å²) in [4.78, 5) is 13.3. The number of ether oxygens (including phenoxy) is 1. The van der Waals surface area contributed by atoms with Gasteiger partial charge in [-0.2, -0.15) is 4.72 Å². The van der Waals surface area contributed by atoms with E-state index in [-0.39, 0.29) is 28.1 Å². The van der Waals surface area contributed by atoms with Gasteiger partial charge in [-0.3, -0.25) is 4.79 Å². The normalized spacial score (nSPS) is 13.2. The lowest BCUT2D eigenvalue weighted by atomic mass is 9.96. The van der Waals surface area contributed by atoms with Crippen LogP contribution < -0.4 is 14.8 Å². The molecule has 0 spiro atoms. The van der Waals surface area contributed by atoms with Crippen molar-refractivity contribution >= 4 is 27.5 Å². The number of hydrogen-bond acceptors (Lipinski definition) is 4. The Balaban J connectivity index is 1.92. The quantitative estimate of drug-likeness (QED) is 0.419. The van der Waals surface area contributed by atoms with Gasteiger partial charge in [-0.15, -0.1) is 0 Å². The van der Waals surface area contributed by atoms with Crippen LogP contribution in [0.1, 0.15) is 40.8 Å². The van der Waals surface area contributed by atoms with Crippen LogP contribution in [-0.4, -0.2) is 27.5 Å². The fraction of sp³-hybridized carbons (Fsp3) is 0.296. The number of sulfonamides is 1. The van der Waals surface area contributed by atoms with Crippen LogP contribution in [-0.2, 0) is 21.2 Å². The standard InChI is InChI=1S/C27H31ClN2O4S/c1-17-13-19(3)23(14-18(17)2)20(4)29-27(31)24(15-21-9-7-6-8-10-21)30-35(32,33)26-16-22(28)11-12-25(26)34-5/h6-14,16,20,24,30H,15H2,1-5H3,(H,29,31). The highest BCUT2D eigenvalue weighted by atomic mass is 35.5. The van der Waals surface area contributed by atoms with Gasteiger partial charge in [-0.25, -0.2) is 8.42 Å². The maximum atomic E-state index is 13.4. The molecule has 8 heteroatoms. The molecule has 2 atom stereocenters. The second-order valence-electron chi connectivity index (χ2n) is 8.68. The first-order chi connectivity index (χ1) is 16.5. The van der Waals surface area contributed by atoms with Crippen LogP contribution in [0.2, 0.25) is 5.02 Å². The van der Waals surface area contributed by atoms with Crippen molar-refractivity contribution in [1.29, 1.82) is 0 Å². The summed E-state index contributed by atoms with van der Waals surface area (Å²) >= 11 is 6.06. The second kappa shape index (κ2) is 11.2. The second-order valence-corrected chi connectivity index (χ2v) is 10.8. The number of carbonyl (C=O) groups excluding carboxylic acids is 1. The van der Waals surface area contributed by atoms with E-state index in [0.717, 1.165) is 22.3 Å². The highest BCUT2D eigenvalue weighted by Gasteiger charge is 2.29. The molecule has 0 heterocycles. The Hall–Kier alpha value is -2.87. The summed E-state index contributed by atoms with van der Waals surface area (Å²) in [5.41, 5.74) is 5.17. The number of carbonyl (C=O) groups is 1. The summed E-state index contributed by atoms with van der Waals surface area (Å²) in [5, 5.41) is 3.24. The number of hydrogen-bond donors (Lipinski definition) is 2. The molecule has 6 nitrogen and oxygen atoms in total. The topological polar surface area (TPSA) is 84.5 Å². The average Bonchev–Trinajstić information content (AvgIpc) is 2.81. The SMILES string of the molecule is COc1ccc(Cl)cc1S(=O)(=O)NC(Cc1ccccc1)C(=O)NC(C)c1cc(C)c(C)cc1C. The smallest absolute Gasteiger partial charge is 0.245 e. The summed E-state index contributed by atoms with van der Waals surface area (Å²) < 4.78 is 34.5. The van der Waals surface area contributed by atoms with Crippen LogP contribution in [0.5, 0.6) is 5.75 Å². The van der Waals surface area contributed by atoms with Crippen LogP contribution >= 0.6 is 11.6 Å². The van der Waals surface area contributed by atoms with Crippen LogP contribution in [0.25, 0.3) is 0 Å². The fourth-order valence-electron chi connectivity index (χ4n) is 3.99. The molecular formula is C27H31ClN2O4S. The van der Waals surface area contributed by atoms with Gasteiger partial charge in [0.25, 0.3) is 0 Å². The number of rotatable bonds is 9. The molecule has 0 saturated heterocycles. The van der Waals surface area contributed by atoms with Crippen LogP contribution in [0.15, 0.2) is 65.6 Å². The van der Waals surface area contributed by atoms with Crippen molar-refractivity contribution in [1.82, 2.24) is 10.0 Å². The number of halogens is 1. The Morgan fingerprint density at radius 3 is 2.29 bits per heavy atom. The molecule has 0 saturated carbocycles. The molecule has 3 aromatic carbocycles. The first-order valence-electron chi connectivity index (χ1n) is 11.3. The van der Waals surface area contributed by atoms with Gasteiger partial charge in [0.1, 0.15) is 16.7 Å². The van der Waals surface area contributed by atoms with Gasteiger partial charge >= 0.3 is 0 Å². The molecule has 0 aromatic heterocycles. The summed E-state index contributed by atoms with van der Waals surface area (Å²) in [7, 11) is -2.75. The summed E-state index contributed by atoms with van der Waals surface area (Å²) in [6.07, 6.45) is 0.174. The van der Waals surface area contributed by atoms with Gasteiger partial charge < -0.3 is 10.1 Å². The van der Waals surface area contributed by atoms with E-state index in [9.17, 15) is 13.2 Å². The highest BCUT2D eigenvalue weighted by molar-refractivity contribution is 7.89. The summed E-state index contributed by atoms with van der Waals surface area (Å²) in [6.45, 7) is 7.96. The minimum Gasteiger partial charge on any atom is -0.495 e. The van der Waals surface area contributed by atoms with Crippen molar-refractivity contribution < 1.29 is 17.9 Å². The van der Waals surface area contributed by atoms with E-state index in [2.05, 4.69) is 22.2 Å². The van der Waals surface area contributed by atoms with Gasteiger partial charge in [0, 0.05) is 5.02 Å². The van der Waals surface area contributed by atoms with E-state index < -0.39 is 22.0 Å². The minimum atomic E-state index is -4.13. The molecule has 0 aliphatic carbocycles. The van der Waals surface area contributed by atoms with E-state index in [1.165, 1.54) is 24.8 Å². The molecule has 0 radical (unpaired) electrons. The molecule has 3 aromatic rings. The molecule has 0 aliphatic heterocycles. The highest BCUT2D eigenvalue weighted by Crippen LogP contribution is 2.27. The van der Waals surface area contributed by atoms with Gasteiger partial charge in [0.05, 0.1) is 13.2 Å². The maximum Gasteiger partial charge on any atom is 0.245 e. The zero-order chi connectivity index (χ0) is 25.8. The lowest BCUT2D eigenvalue weighted by molar-refractivity contribution is -0.123. The van der Waals surface area contributed by atoms with Crippen LogP contribution in [0, 0.1) is 20.8 Å². The van der Waals surface area contributed by atoms with E-state index in [1.54, 1.807) is 6.07 Å². The fourth-order valence-corrected chi connectivity index (χ4v) is 5.62. The number of amides is 1. The third-order valence-electron chi connectivity index (χ3n) is 6.02. The molecule has 0 bridgehead atoms. The molecule has 2 N–H and O–H groups in total. The van der Waals surface area contributed by atoms with Gasteiger partial charge in [0.2, 0.25) is 15.9 Å². The molecule has 2 unspecified atom stereocenters. The van der Waals surface area contributed by atoms with Crippen LogP contribution in [0.4, 0.5) is 0 Å². The first-order valence-corrected chi connectivity index (χ1v) is 13.2.